The zero-order valence-electron chi connectivity index (χ0n) is 13.5. The molecule has 25 heavy (non-hydrogen) atoms. The van der Waals surface area contributed by atoms with Crippen molar-refractivity contribution in [2.45, 2.75) is 13.0 Å². The van der Waals surface area contributed by atoms with Crippen LogP contribution >= 0.6 is 24.0 Å². The van der Waals surface area contributed by atoms with Gasteiger partial charge < -0.3 is 9.30 Å². The fourth-order valence-corrected chi connectivity index (χ4v) is 2.45. The van der Waals surface area contributed by atoms with E-state index in [1.165, 1.54) is 0 Å². The van der Waals surface area contributed by atoms with E-state index in [0.29, 0.717) is 22.8 Å². The Hall–Kier alpha value is -2.30. The van der Waals surface area contributed by atoms with Gasteiger partial charge in [-0.15, -0.1) is 12.4 Å². The van der Waals surface area contributed by atoms with Gasteiger partial charge >= 0.3 is 0 Å². The predicted molar refractivity (Wildman–Crippen MR) is 101 cm³/mol. The molecule has 2 aromatic carbocycles. The van der Waals surface area contributed by atoms with Crippen molar-refractivity contribution in [3.63, 3.8) is 0 Å². The number of carbonyl (C=O) groups excluding carboxylic acids is 1. The number of carbonyl (C=O) groups is 1. The van der Waals surface area contributed by atoms with Gasteiger partial charge in [0, 0.05) is 35.1 Å². The summed E-state index contributed by atoms with van der Waals surface area (Å²) in [7, 11) is 0. The first-order valence-electron chi connectivity index (χ1n) is 7.71. The Balaban J connectivity index is 0.00000225. The molecule has 0 saturated heterocycles. The number of aromatic nitrogens is 2. The lowest BCUT2D eigenvalue weighted by Gasteiger charge is -2.07. The highest BCUT2D eigenvalue weighted by Gasteiger charge is 2.08. The van der Waals surface area contributed by atoms with Gasteiger partial charge in [-0.25, -0.2) is 4.98 Å². The summed E-state index contributed by atoms with van der Waals surface area (Å²) in [6, 6.07) is 14.1. The van der Waals surface area contributed by atoms with Gasteiger partial charge in [-0.3, -0.25) is 4.79 Å². The second-order valence-corrected chi connectivity index (χ2v) is 5.80. The molecule has 0 atom stereocenters. The molecule has 0 saturated carbocycles. The standard InChI is InChI=1S/C19H17ClN2O2.ClH/c20-17-6-2-15(3-7-17)19(23)16-4-8-18(9-5-16)24-13-1-11-22-12-10-21-14-22;/h2-10,12,14H,1,11,13H2;1H. The molecule has 0 N–H and O–H groups in total. The normalized spacial score (nSPS) is 10.1. The Morgan fingerprint density at radius 2 is 1.68 bits per heavy atom. The van der Waals surface area contributed by atoms with Gasteiger partial charge in [-0.2, -0.15) is 0 Å². The van der Waals surface area contributed by atoms with Crippen molar-refractivity contribution in [2.24, 2.45) is 0 Å². The van der Waals surface area contributed by atoms with Crippen molar-refractivity contribution >= 4 is 29.8 Å². The van der Waals surface area contributed by atoms with Crippen molar-refractivity contribution in [1.82, 2.24) is 9.55 Å². The quantitative estimate of drug-likeness (QED) is 0.444. The third-order valence-electron chi connectivity index (χ3n) is 3.61. The second kappa shape index (κ2) is 9.25. The van der Waals surface area contributed by atoms with E-state index in [1.807, 2.05) is 22.9 Å². The molecule has 0 fully saturated rings. The van der Waals surface area contributed by atoms with Crippen molar-refractivity contribution in [1.29, 1.82) is 0 Å². The number of rotatable bonds is 7. The summed E-state index contributed by atoms with van der Waals surface area (Å²) in [4.78, 5) is 16.4. The zero-order valence-corrected chi connectivity index (χ0v) is 15.0. The maximum atomic E-state index is 12.4. The Bertz CT molecular complexity index is 785. The first-order chi connectivity index (χ1) is 11.7. The molecule has 3 aromatic rings. The highest BCUT2D eigenvalue weighted by atomic mass is 35.5. The predicted octanol–water partition coefficient (Wildman–Crippen LogP) is 4.66. The van der Waals surface area contributed by atoms with Crippen molar-refractivity contribution in [2.75, 3.05) is 6.61 Å². The minimum Gasteiger partial charge on any atom is -0.494 e. The van der Waals surface area contributed by atoms with Gasteiger partial charge in [0.05, 0.1) is 12.9 Å². The van der Waals surface area contributed by atoms with Gasteiger partial charge in [0.15, 0.2) is 5.78 Å². The van der Waals surface area contributed by atoms with Gasteiger partial charge in [-0.1, -0.05) is 11.6 Å². The van der Waals surface area contributed by atoms with Crippen LogP contribution in [0.1, 0.15) is 22.3 Å². The maximum absolute atomic E-state index is 12.4. The molecule has 130 valence electrons. The van der Waals surface area contributed by atoms with E-state index < -0.39 is 0 Å². The number of ether oxygens (including phenoxy) is 1. The van der Waals surface area contributed by atoms with Gasteiger partial charge in [0.2, 0.25) is 0 Å². The van der Waals surface area contributed by atoms with Gasteiger partial charge in [-0.05, 0) is 55.0 Å². The van der Waals surface area contributed by atoms with Crippen LogP contribution in [0.25, 0.3) is 0 Å². The van der Waals surface area contributed by atoms with Crippen molar-refractivity contribution in [3.05, 3.63) is 83.4 Å². The molecular weight excluding hydrogens is 359 g/mol. The van der Waals surface area contributed by atoms with Crippen LogP contribution < -0.4 is 4.74 Å². The smallest absolute Gasteiger partial charge is 0.193 e. The van der Waals surface area contributed by atoms with E-state index >= 15 is 0 Å². The van der Waals surface area contributed by atoms with E-state index in [1.54, 1.807) is 48.9 Å². The van der Waals surface area contributed by atoms with Crippen LogP contribution in [0.15, 0.2) is 67.3 Å². The van der Waals surface area contributed by atoms with E-state index in [2.05, 4.69) is 4.98 Å². The molecule has 0 spiro atoms. The molecule has 4 nitrogen and oxygen atoms in total. The number of hydrogen-bond acceptors (Lipinski definition) is 3. The van der Waals surface area contributed by atoms with Crippen molar-refractivity contribution < 1.29 is 9.53 Å². The van der Waals surface area contributed by atoms with Crippen LogP contribution in [0.5, 0.6) is 5.75 Å². The van der Waals surface area contributed by atoms with Crippen LogP contribution in [-0.2, 0) is 6.54 Å². The monoisotopic (exact) mass is 376 g/mol. The molecule has 3 rings (SSSR count). The molecule has 1 heterocycles. The molecule has 6 heteroatoms. The SMILES string of the molecule is Cl.O=C(c1ccc(Cl)cc1)c1ccc(OCCCn2ccnc2)cc1. The average Bonchev–Trinajstić information content (AvgIpc) is 3.13. The Morgan fingerprint density at radius 1 is 1.04 bits per heavy atom. The summed E-state index contributed by atoms with van der Waals surface area (Å²) in [5.74, 6) is 0.728. The number of aryl methyl sites for hydroxylation is 1. The zero-order chi connectivity index (χ0) is 16.8. The molecule has 0 unspecified atom stereocenters. The van der Waals surface area contributed by atoms with Crippen LogP contribution in [-0.4, -0.2) is 21.9 Å². The summed E-state index contributed by atoms with van der Waals surface area (Å²) < 4.78 is 7.71. The summed E-state index contributed by atoms with van der Waals surface area (Å²) in [6.45, 7) is 1.48. The molecule has 0 amide bonds. The number of nitrogens with zero attached hydrogens (tertiary/aromatic N) is 2. The molecule has 0 aliphatic carbocycles. The lowest BCUT2D eigenvalue weighted by molar-refractivity contribution is 0.103. The van der Waals surface area contributed by atoms with Crippen LogP contribution in [0.3, 0.4) is 0 Å². The summed E-state index contributed by atoms with van der Waals surface area (Å²) in [5.41, 5.74) is 1.25. The van der Waals surface area contributed by atoms with Crippen LogP contribution in [0.4, 0.5) is 0 Å². The first-order valence-corrected chi connectivity index (χ1v) is 8.09. The number of benzene rings is 2. The number of ketones is 1. The molecule has 0 aliphatic heterocycles. The van der Waals surface area contributed by atoms with E-state index in [4.69, 9.17) is 16.3 Å². The summed E-state index contributed by atoms with van der Waals surface area (Å²) in [5, 5.41) is 0.617. The minimum absolute atomic E-state index is 0. The first kappa shape index (κ1) is 19.0. The van der Waals surface area contributed by atoms with Crippen molar-refractivity contribution in [3.8, 4) is 5.75 Å². The Labute approximate surface area is 157 Å². The fourth-order valence-electron chi connectivity index (χ4n) is 2.33. The molecule has 0 aliphatic rings. The van der Waals surface area contributed by atoms with E-state index in [-0.39, 0.29) is 18.2 Å². The van der Waals surface area contributed by atoms with Crippen LogP contribution in [0, 0.1) is 0 Å². The molecule has 0 bridgehead atoms. The highest BCUT2D eigenvalue weighted by Crippen LogP contribution is 2.17. The number of halogens is 2. The van der Waals surface area contributed by atoms with Crippen LogP contribution in [0.2, 0.25) is 5.02 Å². The van der Waals surface area contributed by atoms with Gasteiger partial charge in [0.1, 0.15) is 5.75 Å². The summed E-state index contributed by atoms with van der Waals surface area (Å²) >= 11 is 5.84. The van der Waals surface area contributed by atoms with E-state index in [9.17, 15) is 4.79 Å². The average molecular weight is 377 g/mol. The second-order valence-electron chi connectivity index (χ2n) is 5.36. The fraction of sp³-hybridized carbons (Fsp3) is 0.158. The highest BCUT2D eigenvalue weighted by molar-refractivity contribution is 6.30. The van der Waals surface area contributed by atoms with Gasteiger partial charge in [0.25, 0.3) is 0 Å². The Kier molecular flexibility index (Phi) is 7.04. The molecule has 0 radical (unpaired) electrons. The number of hydrogen-bond donors (Lipinski definition) is 0. The topological polar surface area (TPSA) is 44.1 Å². The number of imidazole rings is 1. The molecule has 1 aromatic heterocycles. The molecular formula is C19H18Cl2N2O2. The summed E-state index contributed by atoms with van der Waals surface area (Å²) in [6.07, 6.45) is 6.37. The third-order valence-corrected chi connectivity index (χ3v) is 3.86. The minimum atomic E-state index is -0.0293. The largest absolute Gasteiger partial charge is 0.494 e. The third kappa shape index (κ3) is 5.34. The lowest BCUT2D eigenvalue weighted by Crippen LogP contribution is -2.04. The van der Waals surface area contributed by atoms with E-state index in [0.717, 1.165) is 18.7 Å². The maximum Gasteiger partial charge on any atom is 0.193 e. The Morgan fingerprint density at radius 3 is 2.28 bits per heavy atom. The lowest BCUT2D eigenvalue weighted by atomic mass is 10.0.